The summed E-state index contributed by atoms with van der Waals surface area (Å²) in [5, 5.41) is 19.0. The van der Waals surface area contributed by atoms with Gasteiger partial charge >= 0.3 is 0 Å². The van der Waals surface area contributed by atoms with Gasteiger partial charge in [0, 0.05) is 48.0 Å². The van der Waals surface area contributed by atoms with Crippen LogP contribution in [-0.2, 0) is 11.3 Å². The van der Waals surface area contributed by atoms with E-state index in [1.807, 2.05) is 30.3 Å². The average Bonchev–Trinajstić information content (AvgIpc) is 3.23. The van der Waals surface area contributed by atoms with Crippen LogP contribution in [0.5, 0.6) is 0 Å². The molecule has 1 amide bonds. The molecule has 186 valence electrons. The fourth-order valence-electron chi connectivity index (χ4n) is 5.48. The fourth-order valence-corrected chi connectivity index (χ4v) is 5.73. The molecule has 2 fully saturated rings. The van der Waals surface area contributed by atoms with Gasteiger partial charge in [-0.1, -0.05) is 18.2 Å². The van der Waals surface area contributed by atoms with Gasteiger partial charge in [-0.3, -0.25) is 19.3 Å². The number of amides is 1. The molecule has 1 saturated heterocycles. The number of hydrogen-bond donors (Lipinski definition) is 1. The van der Waals surface area contributed by atoms with Crippen LogP contribution in [0.15, 0.2) is 37.2 Å². The molecule has 1 aliphatic heterocycles. The van der Waals surface area contributed by atoms with Gasteiger partial charge in [-0.25, -0.2) is 0 Å². The maximum absolute atomic E-state index is 12.1. The Morgan fingerprint density at radius 2 is 2.00 bits per heavy atom. The topological polar surface area (TPSA) is 84.6 Å². The van der Waals surface area contributed by atoms with E-state index in [9.17, 15) is 4.79 Å². The molecule has 4 heterocycles. The number of nitrogens with one attached hydrogen (secondary N) is 1. The van der Waals surface area contributed by atoms with E-state index >= 15 is 0 Å². The Bertz CT molecular complexity index is 1470. The van der Waals surface area contributed by atoms with E-state index in [2.05, 4.69) is 44.2 Å². The van der Waals surface area contributed by atoms with Crippen LogP contribution in [0.4, 0.5) is 0 Å². The first-order chi connectivity index (χ1) is 17.5. The summed E-state index contributed by atoms with van der Waals surface area (Å²) in [6.45, 7) is 10.1. The zero-order valence-corrected chi connectivity index (χ0v) is 21.4. The van der Waals surface area contributed by atoms with E-state index in [0.717, 1.165) is 64.1 Å². The van der Waals surface area contributed by atoms with Gasteiger partial charge in [0.2, 0.25) is 5.91 Å². The number of carbonyl (C=O) groups is 1. The molecule has 36 heavy (non-hydrogen) atoms. The highest BCUT2D eigenvalue weighted by atomic mass is 35.5. The van der Waals surface area contributed by atoms with Gasteiger partial charge in [0.05, 0.1) is 28.5 Å². The van der Waals surface area contributed by atoms with Crippen LogP contribution in [0.2, 0.25) is 5.02 Å². The van der Waals surface area contributed by atoms with Crippen molar-refractivity contribution >= 4 is 28.4 Å². The van der Waals surface area contributed by atoms with Crippen molar-refractivity contribution in [3.8, 4) is 22.5 Å². The third-order valence-electron chi connectivity index (χ3n) is 7.65. The molecule has 3 aromatic heterocycles. The number of benzene rings is 1. The minimum Gasteiger partial charge on any atom is -0.339 e. The van der Waals surface area contributed by atoms with Crippen molar-refractivity contribution in [2.24, 2.45) is 5.92 Å². The van der Waals surface area contributed by atoms with E-state index < -0.39 is 0 Å². The van der Waals surface area contributed by atoms with Crippen LogP contribution < -0.4 is 0 Å². The lowest BCUT2D eigenvalue weighted by molar-refractivity contribution is -0.127. The van der Waals surface area contributed by atoms with Crippen molar-refractivity contribution in [1.82, 2.24) is 34.7 Å². The largest absolute Gasteiger partial charge is 0.339 e. The van der Waals surface area contributed by atoms with Crippen molar-refractivity contribution in [3.63, 3.8) is 0 Å². The number of piperidine rings is 1. The van der Waals surface area contributed by atoms with Gasteiger partial charge in [-0.2, -0.15) is 15.3 Å². The monoisotopic (exact) mass is 503 g/mol. The summed E-state index contributed by atoms with van der Waals surface area (Å²) in [6.07, 6.45) is 9.28. The van der Waals surface area contributed by atoms with Crippen LogP contribution in [0.1, 0.15) is 43.0 Å². The molecule has 1 N–H and O–H groups in total. The number of likely N-dealkylation sites (tertiary alicyclic amines) is 1. The molecular weight excluding hydrogens is 474 g/mol. The summed E-state index contributed by atoms with van der Waals surface area (Å²) in [5.41, 5.74) is 6.89. The quantitative estimate of drug-likeness (QED) is 0.361. The fraction of sp³-hybridized carbons (Fsp3) is 0.407. The average molecular weight is 504 g/mol. The highest BCUT2D eigenvalue weighted by Gasteiger charge is 2.31. The zero-order chi connectivity index (χ0) is 25.0. The Balaban J connectivity index is 1.51. The third kappa shape index (κ3) is 3.84. The minimum atomic E-state index is -0.00937. The minimum absolute atomic E-state index is 0.00937. The van der Waals surface area contributed by atoms with Gasteiger partial charge in [0.1, 0.15) is 5.69 Å². The summed E-state index contributed by atoms with van der Waals surface area (Å²) < 4.78 is 4.24. The summed E-state index contributed by atoms with van der Waals surface area (Å²) in [7, 11) is 0. The maximum Gasteiger partial charge on any atom is 0.245 e. The van der Waals surface area contributed by atoms with Crippen molar-refractivity contribution in [2.75, 3.05) is 13.1 Å². The number of halogens is 1. The van der Waals surface area contributed by atoms with Crippen LogP contribution in [0, 0.1) is 19.8 Å². The van der Waals surface area contributed by atoms with Crippen molar-refractivity contribution < 1.29 is 4.79 Å². The Kier molecular flexibility index (Phi) is 5.71. The third-order valence-corrected chi connectivity index (χ3v) is 8.14. The highest BCUT2D eigenvalue weighted by molar-refractivity contribution is 6.36. The lowest BCUT2D eigenvalue weighted by Crippen LogP contribution is -2.38. The second-order valence-electron chi connectivity index (χ2n) is 10.1. The Morgan fingerprint density at radius 1 is 1.22 bits per heavy atom. The van der Waals surface area contributed by atoms with E-state index in [0.29, 0.717) is 24.0 Å². The number of aryl methyl sites for hydroxylation is 1. The molecule has 1 aliphatic carbocycles. The van der Waals surface area contributed by atoms with E-state index in [1.54, 1.807) is 0 Å². The van der Waals surface area contributed by atoms with Crippen LogP contribution in [-0.4, -0.2) is 53.7 Å². The van der Waals surface area contributed by atoms with Gasteiger partial charge in [0.25, 0.3) is 0 Å². The number of aromatic nitrogens is 6. The number of carbonyl (C=O) groups excluding carboxylic acids is 1. The van der Waals surface area contributed by atoms with E-state index in [-0.39, 0.29) is 11.9 Å². The molecule has 4 aromatic rings. The molecule has 0 radical (unpaired) electrons. The first-order valence-corrected chi connectivity index (χ1v) is 13.0. The number of nitrogens with zero attached hydrogens (tertiary/aromatic N) is 6. The first kappa shape index (κ1) is 23.0. The molecule has 0 atom stereocenters. The van der Waals surface area contributed by atoms with Gasteiger partial charge < -0.3 is 4.90 Å². The van der Waals surface area contributed by atoms with Crippen LogP contribution in [0.25, 0.3) is 33.4 Å². The van der Waals surface area contributed by atoms with Gasteiger partial charge in [-0.05, 0) is 69.2 Å². The first-order valence-electron chi connectivity index (χ1n) is 12.6. The predicted octanol–water partition coefficient (Wildman–Crippen LogP) is 5.32. The lowest BCUT2D eigenvalue weighted by atomic mass is 9.96. The summed E-state index contributed by atoms with van der Waals surface area (Å²) in [5.74, 6) is 0.676. The molecule has 8 nitrogen and oxygen atoms in total. The SMILES string of the molecule is C=CC(=O)N1CCC(n2nc(-c3ccnn3CC3CC3)c(-c3c(Cl)c(C)cc4[nH]ncc34)c2C)CC1. The molecule has 9 heteroatoms. The normalized spacial score (nSPS) is 16.7. The molecule has 6 rings (SSSR count). The maximum atomic E-state index is 12.1. The molecule has 1 saturated carbocycles. The Hall–Kier alpha value is -3.39. The number of fused-ring (bicyclic) bond motifs is 1. The van der Waals surface area contributed by atoms with Crippen molar-refractivity contribution in [2.45, 2.75) is 52.1 Å². The number of aromatic amines is 1. The number of H-pyrrole nitrogens is 1. The van der Waals surface area contributed by atoms with Crippen LogP contribution in [0.3, 0.4) is 0 Å². The second-order valence-corrected chi connectivity index (χ2v) is 10.4. The Labute approximate surface area is 214 Å². The smallest absolute Gasteiger partial charge is 0.245 e. The lowest BCUT2D eigenvalue weighted by Gasteiger charge is -2.32. The number of rotatable bonds is 6. The van der Waals surface area contributed by atoms with Crippen molar-refractivity contribution in [3.05, 3.63) is 53.5 Å². The number of hydrogen-bond acceptors (Lipinski definition) is 4. The standard InChI is InChI=1S/C27H30ClN7O/c1-4-23(36)33-11-8-19(9-12-33)35-17(3)24(25-20-14-29-31-21(20)13-16(2)26(25)28)27(32-35)22-7-10-30-34(22)15-18-5-6-18/h4,7,10,13-14,18-19H,1,5-6,8-9,11-12,15H2,2-3H3,(H,29,31). The zero-order valence-electron chi connectivity index (χ0n) is 20.7. The molecule has 0 bridgehead atoms. The van der Waals surface area contributed by atoms with E-state index in [1.165, 1.54) is 18.9 Å². The van der Waals surface area contributed by atoms with Gasteiger partial charge in [-0.15, -0.1) is 0 Å². The van der Waals surface area contributed by atoms with Gasteiger partial charge in [0.15, 0.2) is 0 Å². The van der Waals surface area contributed by atoms with Crippen molar-refractivity contribution in [1.29, 1.82) is 0 Å². The molecule has 2 aliphatic rings. The summed E-state index contributed by atoms with van der Waals surface area (Å²) in [4.78, 5) is 14.0. The summed E-state index contributed by atoms with van der Waals surface area (Å²) >= 11 is 7.01. The molecule has 0 unspecified atom stereocenters. The molecular formula is C27H30ClN7O. The summed E-state index contributed by atoms with van der Waals surface area (Å²) in [6, 6.07) is 4.28. The van der Waals surface area contributed by atoms with E-state index in [4.69, 9.17) is 16.7 Å². The molecule has 0 spiro atoms. The second kappa shape index (κ2) is 8.92. The molecule has 1 aromatic carbocycles. The predicted molar refractivity (Wildman–Crippen MR) is 141 cm³/mol. The Morgan fingerprint density at radius 3 is 2.72 bits per heavy atom. The van der Waals surface area contributed by atoms with Crippen LogP contribution >= 0.6 is 11.6 Å². The highest BCUT2D eigenvalue weighted by Crippen LogP contribution is 2.44.